The summed E-state index contributed by atoms with van der Waals surface area (Å²) in [5.41, 5.74) is 18.9. The molecule has 0 amide bonds. The molecular weight excluding hydrogens is 747 g/mol. The normalized spacial score (nSPS) is 12.1. The van der Waals surface area contributed by atoms with Crippen LogP contribution in [0.2, 0.25) is 0 Å². The number of rotatable bonds is 32. The minimum absolute atomic E-state index is 0. The van der Waals surface area contributed by atoms with Crippen molar-refractivity contribution in [3.05, 3.63) is 102 Å². The summed E-state index contributed by atoms with van der Waals surface area (Å²) in [6.45, 7) is 18.9. The van der Waals surface area contributed by atoms with E-state index < -0.39 is 0 Å². The van der Waals surface area contributed by atoms with Crippen LogP contribution in [0.5, 0.6) is 0 Å². The largest absolute Gasteiger partial charge is 2.00 e. The van der Waals surface area contributed by atoms with Gasteiger partial charge in [0.05, 0.1) is 0 Å². The van der Waals surface area contributed by atoms with Gasteiger partial charge < -0.3 is 19.4 Å². The van der Waals surface area contributed by atoms with Crippen LogP contribution in [0.1, 0.15) is 249 Å². The van der Waals surface area contributed by atoms with E-state index in [9.17, 15) is 5.53 Å². The van der Waals surface area contributed by atoms with E-state index in [0.29, 0.717) is 0 Å². The molecule has 58 heavy (non-hydrogen) atoms. The zero-order chi connectivity index (χ0) is 41.6. The minimum atomic E-state index is 0. The van der Waals surface area contributed by atoms with Crippen LogP contribution in [0, 0.1) is 13.8 Å². The van der Waals surface area contributed by atoms with Crippen LogP contribution in [0.15, 0.2) is 60.2 Å². The van der Waals surface area contributed by atoms with Crippen LogP contribution in [0.25, 0.3) is 16.9 Å². The molecule has 0 aromatic heterocycles. The van der Waals surface area contributed by atoms with Crippen LogP contribution in [0.3, 0.4) is 0 Å². The number of allylic oxidation sites excluding steroid dienone is 2. The molecule has 332 valence electrons. The molecule has 0 aliphatic carbocycles. The van der Waals surface area contributed by atoms with E-state index in [1.165, 1.54) is 188 Å². The van der Waals surface area contributed by atoms with Gasteiger partial charge in [0.25, 0.3) is 0 Å². The summed E-state index contributed by atoms with van der Waals surface area (Å²) in [5, 5.41) is 0. The maximum absolute atomic E-state index is 11.1. The van der Waals surface area contributed by atoms with E-state index in [-0.39, 0.29) is 16.5 Å². The third kappa shape index (κ3) is 27.0. The maximum atomic E-state index is 11.1. The van der Waals surface area contributed by atoms with Crippen molar-refractivity contribution in [3.63, 3.8) is 0 Å². The molecule has 0 bridgehead atoms. The van der Waals surface area contributed by atoms with Gasteiger partial charge >= 0.3 is 16.5 Å². The summed E-state index contributed by atoms with van der Waals surface area (Å²) >= 11 is 0. The average molecular weight is 840 g/mol. The molecule has 1 aliphatic heterocycles. The summed E-state index contributed by atoms with van der Waals surface area (Å²) in [4.78, 5) is 0. The molecule has 2 aromatic rings. The molecule has 0 fully saturated rings. The van der Waals surface area contributed by atoms with Gasteiger partial charge in [-0.3, -0.25) is 0 Å². The van der Waals surface area contributed by atoms with Gasteiger partial charge in [0.2, 0.25) is 11.4 Å². The van der Waals surface area contributed by atoms with Crippen molar-refractivity contribution >= 4 is 11.4 Å². The van der Waals surface area contributed by atoms with Crippen LogP contribution < -0.4 is 0 Å². The predicted octanol–water partition coefficient (Wildman–Crippen LogP) is 19.0. The summed E-state index contributed by atoms with van der Waals surface area (Å²) in [5.74, 6) is 0. The summed E-state index contributed by atoms with van der Waals surface area (Å²) in [6.07, 6.45) is 45.4. The Hall–Kier alpha value is -1.99. The van der Waals surface area contributed by atoms with Gasteiger partial charge in [-0.1, -0.05) is 226 Å². The number of unbranched alkanes of at least 4 members (excludes halogenated alkanes) is 26. The van der Waals surface area contributed by atoms with Crippen molar-refractivity contribution < 1.29 is 21.2 Å². The Bertz CT molecular complexity index is 1260. The van der Waals surface area contributed by atoms with E-state index in [0.717, 1.165) is 61.0 Å². The molecule has 3 rings (SSSR count). The third-order valence-electron chi connectivity index (χ3n) is 11.6. The Morgan fingerprint density at radius 1 is 0.448 bits per heavy atom. The van der Waals surface area contributed by atoms with Crippen molar-refractivity contribution in [2.75, 3.05) is 0 Å². The quantitative estimate of drug-likeness (QED) is 0.0304. The zero-order valence-corrected chi connectivity index (χ0v) is 39.9. The Balaban J connectivity index is 0.000000904. The van der Waals surface area contributed by atoms with Crippen molar-refractivity contribution in [1.29, 1.82) is 0 Å². The first-order valence-electron chi connectivity index (χ1n) is 24.7. The SMILES string of the molecule is CCCCCC1=C(c2cccc(CC)c2)[N+](=[N-])C(c2cccc(CC)c2)=C1.[CH2-]CCCCCCCCCCCCCC.[CH2-]CCCCCCCCCCCCCC.[Ni+2]. The van der Waals surface area contributed by atoms with Crippen molar-refractivity contribution in [2.24, 2.45) is 0 Å². The van der Waals surface area contributed by atoms with Crippen molar-refractivity contribution in [2.45, 2.75) is 240 Å². The fourth-order valence-corrected chi connectivity index (χ4v) is 7.74. The number of aryl methyl sites for hydroxylation is 2. The van der Waals surface area contributed by atoms with Crippen LogP contribution in [-0.4, -0.2) is 4.70 Å². The fourth-order valence-electron chi connectivity index (χ4n) is 7.74. The van der Waals surface area contributed by atoms with Crippen LogP contribution in [-0.2, 0) is 29.3 Å². The summed E-state index contributed by atoms with van der Waals surface area (Å²) in [7, 11) is 0. The van der Waals surface area contributed by atoms with Gasteiger partial charge in [0.1, 0.15) is 0 Å². The fraction of sp³-hybridized carbons (Fsp3) is 0.673. The Kier molecular flexibility index (Phi) is 39.0. The molecule has 0 saturated carbocycles. The standard InChI is InChI=1S/C25H30N2.2C15H31.Ni/c1-4-7-8-13-23-18-24(21-14-9-11-19(5-2)16-21)27(26)25(23)22-15-10-12-20(6-3)17-22;2*1-3-5-7-9-11-13-15-14-12-10-8-6-4-2;/h9-12,14-18H,4-8,13H2,1-3H3;2*1,3-15H2,2H3;/q;2*-1;+2. The second-order valence-corrected chi connectivity index (χ2v) is 16.8. The number of benzene rings is 2. The first-order chi connectivity index (χ1) is 28.0. The molecule has 0 atom stereocenters. The molecular formula is C55H92N2Ni. The topological polar surface area (TPSA) is 25.3 Å². The van der Waals surface area contributed by atoms with Gasteiger partial charge in [-0.25, -0.2) is 4.70 Å². The molecule has 0 spiro atoms. The van der Waals surface area contributed by atoms with Gasteiger partial charge in [-0.2, -0.15) is 12.8 Å². The van der Waals surface area contributed by atoms with E-state index in [4.69, 9.17) is 0 Å². The Morgan fingerprint density at radius 3 is 1.17 bits per heavy atom. The number of hydrogen-bond acceptors (Lipinski definition) is 0. The predicted molar refractivity (Wildman–Crippen MR) is 256 cm³/mol. The van der Waals surface area contributed by atoms with E-state index in [1.54, 1.807) is 0 Å². The second kappa shape index (κ2) is 40.4. The van der Waals surface area contributed by atoms with Gasteiger partial charge in [-0.15, -0.1) is 0 Å². The molecule has 2 nitrogen and oxygen atoms in total. The third-order valence-corrected chi connectivity index (χ3v) is 11.6. The first kappa shape index (κ1) is 56.0. The molecule has 0 saturated heterocycles. The summed E-state index contributed by atoms with van der Waals surface area (Å²) < 4.78 is 1.41. The molecule has 1 heterocycles. The van der Waals surface area contributed by atoms with Gasteiger partial charge in [0, 0.05) is 22.8 Å². The molecule has 0 radical (unpaired) electrons. The first-order valence-corrected chi connectivity index (χ1v) is 24.7. The minimum Gasteiger partial charge on any atom is -0.493 e. The van der Waals surface area contributed by atoms with E-state index in [1.807, 2.05) is 0 Å². The van der Waals surface area contributed by atoms with Gasteiger partial charge in [0.15, 0.2) is 0 Å². The number of nitrogens with zero attached hydrogens (tertiary/aromatic N) is 2. The molecule has 0 unspecified atom stereocenters. The van der Waals surface area contributed by atoms with Gasteiger partial charge in [-0.05, 0) is 61.1 Å². The second-order valence-electron chi connectivity index (χ2n) is 16.8. The smallest absolute Gasteiger partial charge is 0.493 e. The Morgan fingerprint density at radius 2 is 0.793 bits per heavy atom. The molecule has 1 aliphatic rings. The molecule has 2 aromatic carbocycles. The maximum Gasteiger partial charge on any atom is 2.00 e. The van der Waals surface area contributed by atoms with Crippen LogP contribution >= 0.6 is 0 Å². The average Bonchev–Trinajstić information content (AvgIpc) is 3.57. The number of hydrogen-bond donors (Lipinski definition) is 0. The van der Waals surface area contributed by atoms with E-state index >= 15 is 0 Å². The van der Waals surface area contributed by atoms with Crippen molar-refractivity contribution in [3.8, 4) is 0 Å². The molecule has 0 N–H and O–H groups in total. The Labute approximate surface area is 372 Å². The van der Waals surface area contributed by atoms with E-state index in [2.05, 4.69) is 103 Å². The van der Waals surface area contributed by atoms with Crippen LogP contribution in [0.4, 0.5) is 0 Å². The molecule has 3 heteroatoms. The monoisotopic (exact) mass is 839 g/mol. The zero-order valence-electron chi connectivity index (χ0n) is 38.9. The van der Waals surface area contributed by atoms with Crippen molar-refractivity contribution in [1.82, 2.24) is 0 Å². The summed E-state index contributed by atoms with van der Waals surface area (Å²) in [6, 6.07) is 17.0.